The number of rotatable bonds is 3. The molecule has 15 heavy (non-hydrogen) atoms. The lowest BCUT2D eigenvalue weighted by molar-refractivity contribution is 0.0425. The van der Waals surface area contributed by atoms with Crippen molar-refractivity contribution in [1.82, 2.24) is 5.32 Å². The Bertz CT molecular complexity index is 218. The summed E-state index contributed by atoms with van der Waals surface area (Å²) in [6.45, 7) is 11.1. The molecular formula is C11H23NO3. The summed E-state index contributed by atoms with van der Waals surface area (Å²) in [6.07, 6.45) is -0.448. The summed E-state index contributed by atoms with van der Waals surface area (Å²) in [7, 11) is 0. The van der Waals surface area contributed by atoms with Gasteiger partial charge in [0, 0.05) is 11.5 Å². The summed E-state index contributed by atoms with van der Waals surface area (Å²) in [6, 6.07) is -0.141. The molecule has 1 unspecified atom stereocenters. The van der Waals surface area contributed by atoms with Gasteiger partial charge in [-0.05, 0) is 27.7 Å². The van der Waals surface area contributed by atoms with Gasteiger partial charge in [-0.3, -0.25) is 0 Å². The van der Waals surface area contributed by atoms with Gasteiger partial charge in [0.05, 0.1) is 6.61 Å². The molecule has 0 radical (unpaired) electrons. The van der Waals surface area contributed by atoms with E-state index in [1.807, 2.05) is 41.5 Å². The predicted octanol–water partition coefficient (Wildman–Crippen LogP) is 1.92. The molecule has 4 heteroatoms. The molecule has 0 bridgehead atoms. The van der Waals surface area contributed by atoms with Gasteiger partial charge in [-0.1, -0.05) is 13.8 Å². The number of carbonyl (C=O) groups excluding carboxylic acids is 1. The highest BCUT2D eigenvalue weighted by molar-refractivity contribution is 5.68. The smallest absolute Gasteiger partial charge is 0.407 e. The van der Waals surface area contributed by atoms with Crippen LogP contribution in [0.2, 0.25) is 0 Å². The minimum atomic E-state index is -0.493. The van der Waals surface area contributed by atoms with E-state index in [0.717, 1.165) is 0 Å². The fraction of sp³-hybridized carbons (Fsp3) is 0.909. The molecular weight excluding hydrogens is 194 g/mol. The second-order valence-corrected chi connectivity index (χ2v) is 5.51. The van der Waals surface area contributed by atoms with Crippen molar-refractivity contribution < 1.29 is 14.6 Å². The van der Waals surface area contributed by atoms with Crippen LogP contribution in [0.4, 0.5) is 4.79 Å². The number of carbonyl (C=O) groups is 1. The number of hydrogen-bond acceptors (Lipinski definition) is 3. The summed E-state index contributed by atoms with van der Waals surface area (Å²) in [4.78, 5) is 11.4. The lowest BCUT2D eigenvalue weighted by Gasteiger charge is -2.31. The Labute approximate surface area is 92.0 Å². The molecule has 0 aliphatic carbocycles. The zero-order chi connectivity index (χ0) is 12.3. The number of amides is 1. The largest absolute Gasteiger partial charge is 0.444 e. The molecule has 0 aliphatic heterocycles. The maximum atomic E-state index is 11.4. The van der Waals surface area contributed by atoms with Crippen molar-refractivity contribution in [2.75, 3.05) is 6.61 Å². The first kappa shape index (κ1) is 14.2. The van der Waals surface area contributed by atoms with E-state index in [2.05, 4.69) is 5.32 Å². The summed E-state index contributed by atoms with van der Waals surface area (Å²) in [5.41, 5.74) is -0.843. The van der Waals surface area contributed by atoms with E-state index in [9.17, 15) is 4.79 Å². The molecule has 90 valence electrons. The number of aliphatic hydroxyl groups excluding tert-OH is 1. The van der Waals surface area contributed by atoms with Crippen LogP contribution in [0.15, 0.2) is 0 Å². The van der Waals surface area contributed by atoms with E-state index in [-0.39, 0.29) is 18.1 Å². The molecule has 0 aromatic rings. The average Bonchev–Trinajstić information content (AvgIpc) is 2.00. The van der Waals surface area contributed by atoms with Gasteiger partial charge in [0.1, 0.15) is 5.60 Å². The second-order valence-electron chi connectivity index (χ2n) is 5.51. The third kappa shape index (κ3) is 5.62. The van der Waals surface area contributed by atoms with Gasteiger partial charge in [-0.2, -0.15) is 0 Å². The Morgan fingerprint density at radius 2 is 1.80 bits per heavy atom. The topological polar surface area (TPSA) is 58.6 Å². The molecule has 0 aliphatic rings. The molecule has 0 fully saturated rings. The number of alkyl carbamates (subject to hydrolysis) is 1. The molecule has 1 atom stereocenters. The number of ether oxygens (including phenoxy) is 1. The van der Waals surface area contributed by atoms with Gasteiger partial charge >= 0.3 is 6.09 Å². The molecule has 0 aromatic carbocycles. The van der Waals surface area contributed by atoms with Crippen LogP contribution >= 0.6 is 0 Å². The monoisotopic (exact) mass is 217 g/mol. The number of aliphatic hydroxyl groups is 1. The van der Waals surface area contributed by atoms with Gasteiger partial charge in [-0.15, -0.1) is 0 Å². The first-order valence-corrected chi connectivity index (χ1v) is 5.19. The zero-order valence-corrected chi connectivity index (χ0v) is 10.5. The SMILES string of the molecule is CC(NC(=O)OC(C)(C)C)C(C)(C)CO. The van der Waals surface area contributed by atoms with Crippen LogP contribution in [-0.2, 0) is 4.74 Å². The fourth-order valence-corrected chi connectivity index (χ4v) is 0.817. The summed E-state index contributed by atoms with van der Waals surface area (Å²) < 4.78 is 5.12. The first-order chi connectivity index (χ1) is 6.58. The van der Waals surface area contributed by atoms with Crippen LogP contribution in [0, 0.1) is 5.41 Å². The van der Waals surface area contributed by atoms with Crippen molar-refractivity contribution in [3.8, 4) is 0 Å². The summed E-state index contributed by atoms with van der Waals surface area (Å²) >= 11 is 0. The highest BCUT2D eigenvalue weighted by Crippen LogP contribution is 2.19. The van der Waals surface area contributed by atoms with Crippen LogP contribution in [0.25, 0.3) is 0 Å². The van der Waals surface area contributed by atoms with Crippen LogP contribution in [0.5, 0.6) is 0 Å². The van der Waals surface area contributed by atoms with Gasteiger partial charge < -0.3 is 15.2 Å². The highest BCUT2D eigenvalue weighted by atomic mass is 16.6. The number of nitrogens with one attached hydrogen (secondary N) is 1. The van der Waals surface area contributed by atoms with Crippen LogP contribution in [0.3, 0.4) is 0 Å². The molecule has 0 rings (SSSR count). The maximum absolute atomic E-state index is 11.4. The summed E-state index contributed by atoms with van der Waals surface area (Å²) in [5.74, 6) is 0. The third-order valence-corrected chi connectivity index (χ3v) is 2.31. The fourth-order valence-electron chi connectivity index (χ4n) is 0.817. The van der Waals surface area contributed by atoms with Crippen molar-refractivity contribution in [2.24, 2.45) is 5.41 Å². The van der Waals surface area contributed by atoms with Crippen molar-refractivity contribution in [3.63, 3.8) is 0 Å². The molecule has 1 amide bonds. The highest BCUT2D eigenvalue weighted by Gasteiger charge is 2.27. The van der Waals surface area contributed by atoms with E-state index >= 15 is 0 Å². The Kier molecular flexibility index (Phi) is 4.59. The maximum Gasteiger partial charge on any atom is 0.407 e. The van der Waals surface area contributed by atoms with Crippen molar-refractivity contribution in [1.29, 1.82) is 0 Å². The first-order valence-electron chi connectivity index (χ1n) is 5.19. The van der Waals surface area contributed by atoms with Crippen molar-refractivity contribution in [2.45, 2.75) is 53.2 Å². The Balaban J connectivity index is 4.20. The Hall–Kier alpha value is -0.770. The zero-order valence-electron chi connectivity index (χ0n) is 10.5. The molecule has 0 saturated heterocycles. The molecule has 4 nitrogen and oxygen atoms in total. The Morgan fingerprint density at radius 3 is 2.13 bits per heavy atom. The molecule has 0 spiro atoms. The molecule has 0 saturated carbocycles. The van der Waals surface area contributed by atoms with Crippen LogP contribution in [-0.4, -0.2) is 29.4 Å². The standard InChI is InChI=1S/C11H23NO3/c1-8(11(5,6)7-13)12-9(14)15-10(2,3)4/h8,13H,7H2,1-6H3,(H,12,14). The van der Waals surface area contributed by atoms with Gasteiger partial charge in [0.25, 0.3) is 0 Å². The van der Waals surface area contributed by atoms with E-state index in [1.54, 1.807) is 0 Å². The Morgan fingerprint density at radius 1 is 1.33 bits per heavy atom. The van der Waals surface area contributed by atoms with E-state index in [0.29, 0.717) is 0 Å². The van der Waals surface area contributed by atoms with E-state index in [1.165, 1.54) is 0 Å². The second kappa shape index (κ2) is 4.84. The summed E-state index contributed by atoms with van der Waals surface area (Å²) in [5, 5.41) is 11.8. The lowest BCUT2D eigenvalue weighted by Crippen LogP contribution is -2.46. The van der Waals surface area contributed by atoms with Crippen LogP contribution in [0.1, 0.15) is 41.5 Å². The van der Waals surface area contributed by atoms with E-state index in [4.69, 9.17) is 9.84 Å². The molecule has 0 aromatic heterocycles. The van der Waals surface area contributed by atoms with Gasteiger partial charge in [-0.25, -0.2) is 4.79 Å². The van der Waals surface area contributed by atoms with Crippen molar-refractivity contribution >= 4 is 6.09 Å². The molecule has 0 heterocycles. The van der Waals surface area contributed by atoms with Gasteiger partial charge in [0.2, 0.25) is 0 Å². The van der Waals surface area contributed by atoms with Crippen LogP contribution < -0.4 is 5.32 Å². The molecule has 2 N–H and O–H groups in total. The number of hydrogen-bond donors (Lipinski definition) is 2. The normalized spacial score (nSPS) is 14.6. The predicted molar refractivity (Wildman–Crippen MR) is 59.7 cm³/mol. The van der Waals surface area contributed by atoms with E-state index < -0.39 is 11.7 Å². The quantitative estimate of drug-likeness (QED) is 0.759. The van der Waals surface area contributed by atoms with Gasteiger partial charge in [0.15, 0.2) is 0 Å². The minimum absolute atomic E-state index is 0.0178. The minimum Gasteiger partial charge on any atom is -0.444 e. The third-order valence-electron chi connectivity index (χ3n) is 2.31. The lowest BCUT2D eigenvalue weighted by atomic mass is 9.86. The average molecular weight is 217 g/mol. The van der Waals surface area contributed by atoms with Crippen molar-refractivity contribution in [3.05, 3.63) is 0 Å².